The van der Waals surface area contributed by atoms with Gasteiger partial charge in [0.05, 0.1) is 17.3 Å². The molecule has 0 bridgehead atoms. The molecule has 0 fully saturated rings. The summed E-state index contributed by atoms with van der Waals surface area (Å²) in [7, 11) is 0. The summed E-state index contributed by atoms with van der Waals surface area (Å²) in [4.78, 5) is 14.5. The number of benzene rings is 2. The van der Waals surface area contributed by atoms with Crippen molar-refractivity contribution < 1.29 is 18.0 Å². The smallest absolute Gasteiger partial charge is 0.362 e. The fourth-order valence-electron chi connectivity index (χ4n) is 3.88. The number of carbonyl (C=O) groups excluding carboxylic acids is 1. The van der Waals surface area contributed by atoms with Crippen molar-refractivity contribution in [3.8, 4) is 0 Å². The van der Waals surface area contributed by atoms with Crippen LogP contribution in [0.2, 0.25) is 0 Å². The molecule has 1 N–H and O–H groups in total. The van der Waals surface area contributed by atoms with Gasteiger partial charge in [-0.3, -0.25) is 4.79 Å². The van der Waals surface area contributed by atoms with Gasteiger partial charge in [-0.25, -0.2) is 5.43 Å². The molecule has 3 rings (SSSR count). The molecule has 1 aliphatic rings. The van der Waals surface area contributed by atoms with Gasteiger partial charge in [0.1, 0.15) is 0 Å². The van der Waals surface area contributed by atoms with Crippen molar-refractivity contribution >= 4 is 23.4 Å². The molecule has 0 aliphatic carbocycles. The second-order valence-corrected chi connectivity index (χ2v) is 8.19. The number of hydrogen-bond donors (Lipinski definition) is 1. The molecule has 164 valence electrons. The number of rotatable bonds is 5. The van der Waals surface area contributed by atoms with Crippen LogP contribution in [0.1, 0.15) is 61.2 Å². The normalized spacial score (nSPS) is 15.6. The van der Waals surface area contributed by atoms with E-state index in [4.69, 9.17) is 0 Å². The van der Waals surface area contributed by atoms with Crippen LogP contribution < -0.4 is 10.3 Å². The van der Waals surface area contributed by atoms with Crippen LogP contribution in [0, 0.1) is 0 Å². The van der Waals surface area contributed by atoms with Gasteiger partial charge in [0, 0.05) is 23.4 Å². The molecule has 7 heteroatoms. The molecule has 0 radical (unpaired) electrons. The summed E-state index contributed by atoms with van der Waals surface area (Å²) in [5.74, 6) is -0.702. The highest BCUT2D eigenvalue weighted by Gasteiger charge is 2.31. The van der Waals surface area contributed by atoms with Crippen LogP contribution in [0.25, 0.3) is 5.57 Å². The Labute approximate surface area is 180 Å². The number of anilines is 1. The summed E-state index contributed by atoms with van der Waals surface area (Å²) in [5.41, 5.74) is 5.43. The number of fused-ring (bicyclic) bond motifs is 1. The van der Waals surface area contributed by atoms with E-state index in [1.54, 1.807) is 0 Å². The van der Waals surface area contributed by atoms with Crippen molar-refractivity contribution in [1.29, 1.82) is 0 Å². The third kappa shape index (κ3) is 4.98. The maximum atomic E-state index is 12.8. The first kappa shape index (κ1) is 22.6. The Bertz CT molecular complexity index is 1040. The number of amides is 1. The van der Waals surface area contributed by atoms with Crippen LogP contribution in [0.3, 0.4) is 0 Å². The number of nitrogens with zero attached hydrogens (tertiary/aromatic N) is 2. The van der Waals surface area contributed by atoms with E-state index in [2.05, 4.69) is 49.2 Å². The number of nitrogens with one attached hydrogen (secondary N) is 1. The molecule has 31 heavy (non-hydrogen) atoms. The number of hydrogen-bond acceptors (Lipinski definition) is 3. The lowest BCUT2D eigenvalue weighted by molar-refractivity contribution is -0.137. The lowest BCUT2D eigenvalue weighted by atomic mass is 9.88. The maximum Gasteiger partial charge on any atom is 0.416 e. The van der Waals surface area contributed by atoms with Gasteiger partial charge in [-0.2, -0.15) is 18.3 Å². The summed E-state index contributed by atoms with van der Waals surface area (Å²) in [6.45, 7) is 9.53. The number of halogens is 3. The molecule has 2 aromatic carbocycles. The second-order valence-electron chi connectivity index (χ2n) is 8.19. The van der Waals surface area contributed by atoms with Crippen LogP contribution >= 0.6 is 0 Å². The molecule has 1 aliphatic heterocycles. The van der Waals surface area contributed by atoms with Crippen LogP contribution in [0.5, 0.6) is 0 Å². The average Bonchev–Trinajstić information content (AvgIpc) is 2.70. The minimum absolute atomic E-state index is 0.0817. The summed E-state index contributed by atoms with van der Waals surface area (Å²) in [6.07, 6.45) is 0.249. The Morgan fingerprint density at radius 3 is 2.61 bits per heavy atom. The zero-order valence-electron chi connectivity index (χ0n) is 18.0. The fraction of sp³-hybridized carbons (Fsp3) is 0.333. The van der Waals surface area contributed by atoms with E-state index in [9.17, 15) is 18.0 Å². The molecule has 0 saturated heterocycles. The highest BCUT2D eigenvalue weighted by molar-refractivity contribution is 5.95. The monoisotopic (exact) mass is 429 g/mol. The quantitative estimate of drug-likeness (QED) is 0.476. The molecule has 1 heterocycles. The van der Waals surface area contributed by atoms with Gasteiger partial charge < -0.3 is 4.90 Å². The van der Waals surface area contributed by atoms with E-state index in [-0.39, 0.29) is 11.1 Å². The largest absolute Gasteiger partial charge is 0.416 e. The predicted molar refractivity (Wildman–Crippen MR) is 118 cm³/mol. The van der Waals surface area contributed by atoms with Gasteiger partial charge in [0.15, 0.2) is 0 Å². The first-order valence-electron chi connectivity index (χ1n) is 10.1. The summed E-state index contributed by atoms with van der Waals surface area (Å²) >= 11 is 0. The average molecular weight is 429 g/mol. The summed E-state index contributed by atoms with van der Waals surface area (Å²) < 4.78 is 38.5. The number of alkyl halides is 3. The molecule has 0 unspecified atom stereocenters. The molecule has 0 aromatic heterocycles. The first-order valence-corrected chi connectivity index (χ1v) is 10.1. The van der Waals surface area contributed by atoms with E-state index in [0.717, 1.165) is 47.5 Å². The topological polar surface area (TPSA) is 44.7 Å². The van der Waals surface area contributed by atoms with Crippen molar-refractivity contribution in [1.82, 2.24) is 5.43 Å². The molecule has 4 nitrogen and oxygen atoms in total. The van der Waals surface area contributed by atoms with Crippen molar-refractivity contribution in [3.63, 3.8) is 0 Å². The Morgan fingerprint density at radius 1 is 1.19 bits per heavy atom. The Hall–Kier alpha value is -3.09. The fourth-order valence-corrected chi connectivity index (χ4v) is 3.88. The van der Waals surface area contributed by atoms with E-state index in [1.165, 1.54) is 18.3 Å². The molecule has 1 amide bonds. The molecule has 0 atom stereocenters. The van der Waals surface area contributed by atoms with Crippen molar-refractivity contribution in [2.75, 3.05) is 11.4 Å². The van der Waals surface area contributed by atoms with Crippen LogP contribution in [0.15, 0.2) is 53.6 Å². The Balaban J connectivity index is 1.77. The summed E-state index contributed by atoms with van der Waals surface area (Å²) in [6, 6.07) is 10.2. The minimum atomic E-state index is -4.51. The van der Waals surface area contributed by atoms with Crippen LogP contribution in [-0.2, 0) is 6.18 Å². The van der Waals surface area contributed by atoms with E-state index >= 15 is 0 Å². The van der Waals surface area contributed by atoms with Crippen LogP contribution in [-0.4, -0.2) is 24.2 Å². The maximum absolute atomic E-state index is 12.8. The highest BCUT2D eigenvalue weighted by atomic mass is 19.4. The molecule has 0 spiro atoms. The summed E-state index contributed by atoms with van der Waals surface area (Å²) in [5, 5.41) is 3.93. The minimum Gasteiger partial charge on any atom is -0.362 e. The zero-order chi connectivity index (χ0) is 22.8. The van der Waals surface area contributed by atoms with Crippen molar-refractivity contribution in [2.24, 2.45) is 5.10 Å². The van der Waals surface area contributed by atoms with E-state index in [0.29, 0.717) is 0 Å². The number of carbonyl (C=O) groups is 1. The lowest BCUT2D eigenvalue weighted by Gasteiger charge is -2.43. The Morgan fingerprint density at radius 2 is 1.94 bits per heavy atom. The molecule has 0 saturated carbocycles. The van der Waals surface area contributed by atoms with E-state index in [1.807, 2.05) is 18.2 Å². The number of allylic oxidation sites excluding steroid dienone is 1. The molecular formula is C24H26F3N3O. The molecular weight excluding hydrogens is 403 g/mol. The van der Waals surface area contributed by atoms with Gasteiger partial charge in [-0.05, 0) is 68.7 Å². The first-order chi connectivity index (χ1) is 14.5. The SMILES string of the molecule is CCCN1c2ccc(/C=N\NC(=O)c3cccc(C(F)(F)F)c3)cc2C(C)=CC1(C)C. The number of hydrazone groups is 1. The van der Waals surface area contributed by atoms with E-state index < -0.39 is 17.6 Å². The van der Waals surface area contributed by atoms with Gasteiger partial charge in [0.2, 0.25) is 0 Å². The second kappa shape index (κ2) is 8.57. The van der Waals surface area contributed by atoms with Gasteiger partial charge in [-0.1, -0.05) is 25.1 Å². The van der Waals surface area contributed by atoms with Crippen molar-refractivity contribution in [2.45, 2.75) is 45.8 Å². The van der Waals surface area contributed by atoms with Crippen LogP contribution in [0.4, 0.5) is 18.9 Å². The highest BCUT2D eigenvalue weighted by Crippen LogP contribution is 2.39. The zero-order valence-corrected chi connectivity index (χ0v) is 18.0. The van der Waals surface area contributed by atoms with Gasteiger partial charge in [-0.15, -0.1) is 0 Å². The predicted octanol–water partition coefficient (Wildman–Crippen LogP) is 5.88. The van der Waals surface area contributed by atoms with Gasteiger partial charge >= 0.3 is 6.18 Å². The third-order valence-corrected chi connectivity index (χ3v) is 5.28. The van der Waals surface area contributed by atoms with Gasteiger partial charge in [0.25, 0.3) is 5.91 Å². The third-order valence-electron chi connectivity index (χ3n) is 5.28. The Kier molecular flexibility index (Phi) is 6.25. The van der Waals surface area contributed by atoms with Crippen molar-refractivity contribution in [3.05, 3.63) is 70.8 Å². The standard InChI is InChI=1S/C24H26F3N3O/c1-5-11-30-21-10-9-17(12-20(21)16(2)14-23(30,3)4)15-28-29-22(31)18-7-6-8-19(13-18)24(25,26)27/h6-10,12-15H,5,11H2,1-4H3,(H,29,31)/b28-15-. The lowest BCUT2D eigenvalue weighted by Crippen LogP contribution is -2.45. The molecule has 2 aromatic rings.